The van der Waals surface area contributed by atoms with Gasteiger partial charge in [0.25, 0.3) is 11.5 Å². The number of methoxy groups -OCH3 is 1. The number of aromatic nitrogens is 1. The number of carbonyl (C=O) groups excluding carboxylic acids is 2. The lowest BCUT2D eigenvalue weighted by Gasteiger charge is -2.22. The number of ether oxygens (including phenoxy) is 1. The van der Waals surface area contributed by atoms with Crippen molar-refractivity contribution in [3.63, 3.8) is 0 Å². The summed E-state index contributed by atoms with van der Waals surface area (Å²) in [4.78, 5) is 47.6. The predicted octanol–water partition coefficient (Wildman–Crippen LogP) is 2.60. The maximum atomic E-state index is 13.8. The molecule has 168 valence electrons. The smallest absolute Gasteiger partial charge is 0.338 e. The van der Waals surface area contributed by atoms with E-state index in [1.807, 2.05) is 48.7 Å². The summed E-state index contributed by atoms with van der Waals surface area (Å²) in [6.45, 7) is 4.33. The van der Waals surface area contributed by atoms with Crippen LogP contribution in [0.5, 0.6) is 0 Å². The Balaban J connectivity index is 1.83. The summed E-state index contributed by atoms with van der Waals surface area (Å²) >= 11 is 2.64. The first-order valence-electron chi connectivity index (χ1n) is 10.6. The lowest BCUT2D eigenvalue weighted by atomic mass is 10.0. The fourth-order valence-corrected chi connectivity index (χ4v) is 6.36. The van der Waals surface area contributed by atoms with E-state index in [0.29, 0.717) is 32.7 Å². The summed E-state index contributed by atoms with van der Waals surface area (Å²) < 4.78 is 6.89. The molecule has 2 aromatic heterocycles. The molecule has 0 bridgehead atoms. The molecule has 0 fully saturated rings. The third-order valence-corrected chi connectivity index (χ3v) is 7.79. The lowest BCUT2D eigenvalue weighted by Crippen LogP contribution is -2.40. The first-order chi connectivity index (χ1) is 16.0. The number of para-hydroxylation sites is 1. The molecule has 0 spiro atoms. The van der Waals surface area contributed by atoms with Crippen LogP contribution in [0.25, 0.3) is 5.57 Å². The number of carbonyl (C=O) groups is 2. The van der Waals surface area contributed by atoms with Crippen molar-refractivity contribution >= 4 is 45.8 Å². The van der Waals surface area contributed by atoms with Crippen molar-refractivity contribution in [2.75, 3.05) is 18.6 Å². The van der Waals surface area contributed by atoms with Gasteiger partial charge in [-0.15, -0.1) is 11.3 Å². The lowest BCUT2D eigenvalue weighted by molar-refractivity contribution is -0.136. The predicted molar refractivity (Wildman–Crippen MR) is 128 cm³/mol. The maximum Gasteiger partial charge on any atom is 0.338 e. The normalized spacial score (nSPS) is 18.8. The van der Waals surface area contributed by atoms with E-state index in [1.54, 1.807) is 11.8 Å². The Hall–Kier alpha value is -3.30. The van der Waals surface area contributed by atoms with Gasteiger partial charge in [-0.05, 0) is 30.9 Å². The van der Waals surface area contributed by atoms with Crippen molar-refractivity contribution in [2.24, 2.45) is 4.99 Å². The number of fused-ring (bicyclic) bond motifs is 2. The van der Waals surface area contributed by atoms with Crippen LogP contribution >= 0.6 is 22.7 Å². The summed E-state index contributed by atoms with van der Waals surface area (Å²) in [7, 11) is 1.32. The van der Waals surface area contributed by atoms with Crippen LogP contribution in [-0.4, -0.2) is 30.1 Å². The number of thiophene rings is 1. The highest BCUT2D eigenvalue weighted by Crippen LogP contribution is 2.36. The van der Waals surface area contributed by atoms with Crippen molar-refractivity contribution in [1.29, 1.82) is 0 Å². The zero-order valence-electron chi connectivity index (χ0n) is 18.3. The molecule has 0 N–H and O–H groups in total. The van der Waals surface area contributed by atoms with E-state index in [0.717, 1.165) is 22.5 Å². The molecule has 33 heavy (non-hydrogen) atoms. The van der Waals surface area contributed by atoms with Crippen molar-refractivity contribution in [3.8, 4) is 0 Å². The van der Waals surface area contributed by atoms with Gasteiger partial charge in [-0.3, -0.25) is 14.2 Å². The molecule has 5 rings (SSSR count). The van der Waals surface area contributed by atoms with Crippen LogP contribution in [0.15, 0.2) is 62.8 Å². The quantitative estimate of drug-likeness (QED) is 0.539. The standard InChI is InChI=1S/C24H21N3O4S2/c1-4-11-26-15-9-6-5-8-14(15)18(21(26)28)20-22(29)27-19(16-10-7-12-32-16)17(23(30)31-3)13(2)25-24(27)33-20/h5-10,12,19H,4,11H2,1-3H3/b20-18-/t19-/m1/s1. The van der Waals surface area contributed by atoms with Crippen LogP contribution in [0, 0.1) is 0 Å². The average molecular weight is 480 g/mol. The molecular weight excluding hydrogens is 458 g/mol. The van der Waals surface area contributed by atoms with Gasteiger partial charge in [0.2, 0.25) is 0 Å². The summed E-state index contributed by atoms with van der Waals surface area (Å²) in [5, 5.41) is 1.90. The van der Waals surface area contributed by atoms with Gasteiger partial charge in [-0.25, -0.2) is 9.79 Å². The molecule has 7 nitrogen and oxygen atoms in total. The van der Waals surface area contributed by atoms with Crippen LogP contribution in [-0.2, 0) is 14.3 Å². The number of hydrogen-bond donors (Lipinski definition) is 0. The van der Waals surface area contributed by atoms with E-state index in [4.69, 9.17) is 4.74 Å². The van der Waals surface area contributed by atoms with Gasteiger partial charge in [-0.1, -0.05) is 42.5 Å². The molecule has 0 saturated heterocycles. The van der Waals surface area contributed by atoms with Crippen molar-refractivity contribution in [3.05, 3.63) is 83.2 Å². The minimum Gasteiger partial charge on any atom is -0.466 e. The number of nitrogens with zero attached hydrogens (tertiary/aromatic N) is 3. The Bertz CT molecular complexity index is 1490. The van der Waals surface area contributed by atoms with Crippen molar-refractivity contribution in [1.82, 2.24) is 4.57 Å². The van der Waals surface area contributed by atoms with E-state index in [-0.39, 0.29) is 11.5 Å². The third-order valence-electron chi connectivity index (χ3n) is 5.81. The number of hydrogen-bond acceptors (Lipinski definition) is 7. The summed E-state index contributed by atoms with van der Waals surface area (Å²) in [6, 6.07) is 10.6. The number of rotatable bonds is 4. The van der Waals surface area contributed by atoms with Crippen LogP contribution in [0.2, 0.25) is 0 Å². The maximum absolute atomic E-state index is 13.8. The Morgan fingerprint density at radius 2 is 1.97 bits per heavy atom. The molecule has 1 aromatic carbocycles. The van der Waals surface area contributed by atoms with E-state index in [9.17, 15) is 14.4 Å². The summed E-state index contributed by atoms with van der Waals surface area (Å²) in [6.07, 6.45) is 0.800. The molecular formula is C24H21N3O4S2. The number of anilines is 1. The minimum atomic E-state index is -0.651. The molecule has 2 aliphatic rings. The molecule has 0 radical (unpaired) electrons. The van der Waals surface area contributed by atoms with Crippen LogP contribution in [0.1, 0.15) is 36.8 Å². The molecule has 2 aliphatic heterocycles. The average Bonchev–Trinajstić information content (AvgIpc) is 3.51. The number of allylic oxidation sites excluding steroid dienone is 1. The molecule has 9 heteroatoms. The molecule has 0 unspecified atom stereocenters. The second-order valence-corrected chi connectivity index (χ2v) is 9.72. The first kappa shape index (κ1) is 21.5. The summed E-state index contributed by atoms with van der Waals surface area (Å²) in [5.74, 6) is -0.705. The Kier molecular flexibility index (Phi) is 5.38. The topological polar surface area (TPSA) is 81.0 Å². The van der Waals surface area contributed by atoms with Gasteiger partial charge in [0, 0.05) is 17.0 Å². The highest BCUT2D eigenvalue weighted by Gasteiger charge is 2.37. The summed E-state index contributed by atoms with van der Waals surface area (Å²) in [5.41, 5.74) is 2.46. The van der Waals surface area contributed by atoms with Gasteiger partial charge in [-0.2, -0.15) is 0 Å². The first-order valence-corrected chi connectivity index (χ1v) is 12.3. The van der Waals surface area contributed by atoms with E-state index in [2.05, 4.69) is 4.99 Å². The van der Waals surface area contributed by atoms with Gasteiger partial charge in [0.05, 0.1) is 29.6 Å². The zero-order chi connectivity index (χ0) is 23.3. The second kappa shape index (κ2) is 8.24. The minimum absolute atomic E-state index is 0.181. The van der Waals surface area contributed by atoms with Gasteiger partial charge >= 0.3 is 5.97 Å². The fraction of sp³-hybridized carbons (Fsp3) is 0.250. The van der Waals surface area contributed by atoms with E-state index in [1.165, 1.54) is 34.4 Å². The second-order valence-electron chi connectivity index (χ2n) is 7.76. The largest absolute Gasteiger partial charge is 0.466 e. The van der Waals surface area contributed by atoms with Gasteiger partial charge < -0.3 is 9.64 Å². The van der Waals surface area contributed by atoms with E-state index >= 15 is 0 Å². The number of benzene rings is 1. The molecule has 3 aromatic rings. The Labute approximate surface area is 197 Å². The van der Waals surface area contributed by atoms with Crippen LogP contribution in [0.3, 0.4) is 0 Å². The number of esters is 1. The molecule has 4 heterocycles. The third kappa shape index (κ3) is 3.22. The van der Waals surface area contributed by atoms with Gasteiger partial charge in [0.1, 0.15) is 10.6 Å². The molecule has 1 amide bonds. The van der Waals surface area contributed by atoms with Crippen molar-refractivity contribution < 1.29 is 14.3 Å². The van der Waals surface area contributed by atoms with E-state index < -0.39 is 12.0 Å². The van der Waals surface area contributed by atoms with Crippen LogP contribution in [0.4, 0.5) is 5.69 Å². The molecule has 0 aliphatic carbocycles. The Morgan fingerprint density at radius 3 is 2.67 bits per heavy atom. The molecule has 1 atom stereocenters. The monoisotopic (exact) mass is 479 g/mol. The zero-order valence-corrected chi connectivity index (χ0v) is 20.0. The Morgan fingerprint density at radius 1 is 1.18 bits per heavy atom. The van der Waals surface area contributed by atoms with Gasteiger partial charge in [0.15, 0.2) is 4.80 Å². The number of thiazole rings is 1. The van der Waals surface area contributed by atoms with Crippen LogP contribution < -0.4 is 19.8 Å². The highest BCUT2D eigenvalue weighted by molar-refractivity contribution is 7.10. The fourth-order valence-electron chi connectivity index (χ4n) is 4.40. The number of amides is 1. The molecule has 0 saturated carbocycles. The SMILES string of the molecule is CCCN1C(=O)/C(=c2\sc3n(c2=O)[C@H](c2cccs2)C(C(=O)OC)=C(C)N=3)c2ccccc21. The van der Waals surface area contributed by atoms with Crippen molar-refractivity contribution in [2.45, 2.75) is 26.3 Å². The highest BCUT2D eigenvalue weighted by atomic mass is 32.1.